The van der Waals surface area contributed by atoms with Gasteiger partial charge in [0, 0.05) is 6.54 Å². The van der Waals surface area contributed by atoms with E-state index in [1.165, 1.54) is 0 Å². The average molecular weight is 256 g/mol. The Labute approximate surface area is 101 Å². The SMILES string of the molecule is CCNC(=O)c1cc(C)ccc1NS(C)(=O)=O. The van der Waals surface area contributed by atoms with Crippen LogP contribution in [-0.4, -0.2) is 27.1 Å². The van der Waals surface area contributed by atoms with Gasteiger partial charge in [0.2, 0.25) is 10.0 Å². The summed E-state index contributed by atoms with van der Waals surface area (Å²) in [4.78, 5) is 11.8. The Hall–Kier alpha value is -1.56. The molecule has 1 aromatic rings. The van der Waals surface area contributed by atoms with Gasteiger partial charge < -0.3 is 5.32 Å². The number of anilines is 1. The Morgan fingerprint density at radius 2 is 2.00 bits per heavy atom. The Morgan fingerprint density at radius 3 is 2.53 bits per heavy atom. The number of carbonyl (C=O) groups excluding carboxylic acids is 1. The standard InChI is InChI=1S/C11H16N2O3S/c1-4-12-11(14)9-7-8(2)5-6-10(9)13-17(3,15)16/h5-7,13H,4H2,1-3H3,(H,12,14). The van der Waals surface area contributed by atoms with Crippen LogP contribution < -0.4 is 10.0 Å². The summed E-state index contributed by atoms with van der Waals surface area (Å²) in [5, 5.41) is 2.64. The predicted molar refractivity (Wildman–Crippen MR) is 67.7 cm³/mol. The number of hydrogen-bond donors (Lipinski definition) is 2. The maximum atomic E-state index is 11.8. The minimum atomic E-state index is -3.39. The molecule has 0 fully saturated rings. The van der Waals surface area contributed by atoms with Gasteiger partial charge in [-0.05, 0) is 26.0 Å². The molecule has 6 heteroatoms. The zero-order valence-electron chi connectivity index (χ0n) is 10.1. The first-order valence-corrected chi connectivity index (χ1v) is 7.09. The molecule has 0 aromatic heterocycles. The molecule has 0 saturated carbocycles. The van der Waals surface area contributed by atoms with Gasteiger partial charge in [-0.3, -0.25) is 9.52 Å². The van der Waals surface area contributed by atoms with Crippen molar-refractivity contribution in [2.75, 3.05) is 17.5 Å². The zero-order chi connectivity index (χ0) is 13.1. The number of rotatable bonds is 4. The molecule has 0 unspecified atom stereocenters. The number of sulfonamides is 1. The molecule has 1 rings (SSSR count). The maximum absolute atomic E-state index is 11.8. The van der Waals surface area contributed by atoms with Crippen LogP contribution in [0, 0.1) is 6.92 Å². The summed E-state index contributed by atoms with van der Waals surface area (Å²) < 4.78 is 24.7. The number of hydrogen-bond acceptors (Lipinski definition) is 3. The highest BCUT2D eigenvalue weighted by atomic mass is 32.2. The Morgan fingerprint density at radius 1 is 1.35 bits per heavy atom. The summed E-state index contributed by atoms with van der Waals surface area (Å²) in [6, 6.07) is 4.98. The van der Waals surface area contributed by atoms with Crippen molar-refractivity contribution in [1.82, 2.24) is 5.32 Å². The van der Waals surface area contributed by atoms with Crippen molar-refractivity contribution in [1.29, 1.82) is 0 Å². The van der Waals surface area contributed by atoms with Crippen molar-refractivity contribution in [3.05, 3.63) is 29.3 Å². The maximum Gasteiger partial charge on any atom is 0.253 e. The van der Waals surface area contributed by atoms with Gasteiger partial charge in [0.25, 0.3) is 5.91 Å². The topological polar surface area (TPSA) is 75.3 Å². The van der Waals surface area contributed by atoms with Crippen LogP contribution >= 0.6 is 0 Å². The van der Waals surface area contributed by atoms with Gasteiger partial charge >= 0.3 is 0 Å². The molecule has 0 bridgehead atoms. The van der Waals surface area contributed by atoms with E-state index in [1.54, 1.807) is 25.1 Å². The van der Waals surface area contributed by atoms with E-state index >= 15 is 0 Å². The molecule has 0 aliphatic carbocycles. The fourth-order valence-corrected chi connectivity index (χ4v) is 1.97. The largest absolute Gasteiger partial charge is 0.352 e. The summed E-state index contributed by atoms with van der Waals surface area (Å²) >= 11 is 0. The lowest BCUT2D eigenvalue weighted by Gasteiger charge is -2.11. The van der Waals surface area contributed by atoms with E-state index in [-0.39, 0.29) is 5.91 Å². The lowest BCUT2D eigenvalue weighted by Crippen LogP contribution is -2.24. The van der Waals surface area contributed by atoms with E-state index in [9.17, 15) is 13.2 Å². The van der Waals surface area contributed by atoms with Gasteiger partial charge in [-0.25, -0.2) is 8.42 Å². The number of amides is 1. The fourth-order valence-electron chi connectivity index (χ4n) is 1.39. The normalized spacial score (nSPS) is 11.0. The minimum Gasteiger partial charge on any atom is -0.352 e. The highest BCUT2D eigenvalue weighted by Crippen LogP contribution is 2.18. The van der Waals surface area contributed by atoms with Crippen LogP contribution in [0.5, 0.6) is 0 Å². The van der Waals surface area contributed by atoms with Gasteiger partial charge in [0.1, 0.15) is 0 Å². The van der Waals surface area contributed by atoms with Gasteiger partial charge in [0.15, 0.2) is 0 Å². The molecule has 1 aromatic carbocycles. The first kappa shape index (κ1) is 13.5. The third-order valence-electron chi connectivity index (χ3n) is 2.05. The van der Waals surface area contributed by atoms with Crippen molar-refractivity contribution in [2.24, 2.45) is 0 Å². The molecule has 5 nitrogen and oxygen atoms in total. The highest BCUT2D eigenvalue weighted by Gasteiger charge is 2.13. The summed E-state index contributed by atoms with van der Waals surface area (Å²) in [6.07, 6.45) is 1.05. The van der Waals surface area contributed by atoms with Crippen LogP contribution in [0.3, 0.4) is 0 Å². The smallest absolute Gasteiger partial charge is 0.253 e. The van der Waals surface area contributed by atoms with Gasteiger partial charge in [-0.1, -0.05) is 11.6 Å². The Bertz CT molecular complexity index is 524. The number of benzene rings is 1. The van der Waals surface area contributed by atoms with Crippen molar-refractivity contribution in [2.45, 2.75) is 13.8 Å². The molecule has 0 aliphatic heterocycles. The van der Waals surface area contributed by atoms with E-state index in [1.807, 2.05) is 6.92 Å². The molecule has 94 valence electrons. The lowest BCUT2D eigenvalue weighted by atomic mass is 10.1. The molecular weight excluding hydrogens is 240 g/mol. The van der Waals surface area contributed by atoms with Crippen molar-refractivity contribution in [3.8, 4) is 0 Å². The molecule has 0 radical (unpaired) electrons. The van der Waals surface area contributed by atoms with E-state index in [0.29, 0.717) is 17.8 Å². The van der Waals surface area contributed by atoms with E-state index in [2.05, 4.69) is 10.0 Å². The van der Waals surface area contributed by atoms with E-state index < -0.39 is 10.0 Å². The Balaban J connectivity index is 3.17. The first-order valence-electron chi connectivity index (χ1n) is 5.20. The molecule has 0 spiro atoms. The average Bonchev–Trinajstić information content (AvgIpc) is 2.19. The highest BCUT2D eigenvalue weighted by molar-refractivity contribution is 7.92. The molecular formula is C11H16N2O3S. The third-order valence-corrected chi connectivity index (χ3v) is 2.64. The van der Waals surface area contributed by atoms with Crippen LogP contribution in [0.25, 0.3) is 0 Å². The lowest BCUT2D eigenvalue weighted by molar-refractivity contribution is 0.0956. The summed E-state index contributed by atoms with van der Waals surface area (Å²) in [7, 11) is -3.39. The monoisotopic (exact) mass is 256 g/mol. The summed E-state index contributed by atoms with van der Waals surface area (Å²) in [5.41, 5.74) is 1.52. The van der Waals surface area contributed by atoms with Crippen LogP contribution in [0.4, 0.5) is 5.69 Å². The molecule has 0 aliphatic rings. The van der Waals surface area contributed by atoms with Gasteiger partial charge in [-0.15, -0.1) is 0 Å². The van der Waals surface area contributed by atoms with Crippen LogP contribution in [0.1, 0.15) is 22.8 Å². The number of aryl methyl sites for hydroxylation is 1. The molecule has 2 N–H and O–H groups in total. The quantitative estimate of drug-likeness (QED) is 0.847. The second kappa shape index (κ2) is 5.18. The molecule has 17 heavy (non-hydrogen) atoms. The Kier molecular flexibility index (Phi) is 4.11. The zero-order valence-corrected chi connectivity index (χ0v) is 10.9. The second-order valence-electron chi connectivity index (χ2n) is 3.78. The molecule has 0 saturated heterocycles. The summed E-state index contributed by atoms with van der Waals surface area (Å²) in [5.74, 6) is -0.289. The predicted octanol–water partition coefficient (Wildman–Crippen LogP) is 1.12. The van der Waals surface area contributed by atoms with Crippen LogP contribution in [-0.2, 0) is 10.0 Å². The van der Waals surface area contributed by atoms with Crippen molar-refractivity contribution >= 4 is 21.6 Å². The van der Waals surface area contributed by atoms with E-state index in [4.69, 9.17) is 0 Å². The molecule has 1 amide bonds. The number of carbonyl (C=O) groups is 1. The minimum absolute atomic E-state index is 0.289. The van der Waals surface area contributed by atoms with E-state index in [0.717, 1.165) is 11.8 Å². The molecule has 0 atom stereocenters. The third kappa shape index (κ3) is 4.07. The van der Waals surface area contributed by atoms with Crippen LogP contribution in [0.15, 0.2) is 18.2 Å². The van der Waals surface area contributed by atoms with Crippen molar-refractivity contribution < 1.29 is 13.2 Å². The molecule has 0 heterocycles. The van der Waals surface area contributed by atoms with Crippen molar-refractivity contribution in [3.63, 3.8) is 0 Å². The second-order valence-corrected chi connectivity index (χ2v) is 5.53. The number of nitrogens with one attached hydrogen (secondary N) is 2. The van der Waals surface area contributed by atoms with Crippen LogP contribution in [0.2, 0.25) is 0 Å². The van der Waals surface area contributed by atoms with Gasteiger partial charge in [-0.2, -0.15) is 0 Å². The van der Waals surface area contributed by atoms with Gasteiger partial charge in [0.05, 0.1) is 17.5 Å². The fraction of sp³-hybridized carbons (Fsp3) is 0.364. The summed E-state index contributed by atoms with van der Waals surface area (Å²) in [6.45, 7) is 4.13. The first-order chi connectivity index (χ1) is 7.83.